The molecule has 2 aromatic rings. The lowest BCUT2D eigenvalue weighted by Crippen LogP contribution is -2.51. The van der Waals surface area contributed by atoms with Crippen LogP contribution >= 0.6 is 0 Å². The fraction of sp³-hybridized carbons (Fsp3) is 0.545. The summed E-state index contributed by atoms with van der Waals surface area (Å²) < 4.78 is 5.79. The average Bonchev–Trinajstić information content (AvgIpc) is 3.20. The van der Waals surface area contributed by atoms with Crippen LogP contribution < -0.4 is 5.32 Å². The van der Waals surface area contributed by atoms with Gasteiger partial charge >= 0.3 is 0 Å². The Labute approximate surface area is 161 Å². The number of hydrogen-bond acceptors (Lipinski definition) is 4. The lowest BCUT2D eigenvalue weighted by molar-refractivity contribution is -0.121. The highest BCUT2D eigenvalue weighted by Gasteiger charge is 2.32. The number of piperidine rings is 2. The number of benzene rings is 1. The number of nitrogens with one attached hydrogen (secondary N) is 1. The van der Waals surface area contributed by atoms with Crippen molar-refractivity contribution < 1.29 is 9.21 Å². The van der Waals surface area contributed by atoms with Crippen molar-refractivity contribution in [2.24, 2.45) is 5.92 Å². The zero-order chi connectivity index (χ0) is 18.5. The molecule has 27 heavy (non-hydrogen) atoms. The van der Waals surface area contributed by atoms with E-state index in [0.29, 0.717) is 30.7 Å². The third kappa shape index (κ3) is 4.59. The predicted octanol–water partition coefficient (Wildman–Crippen LogP) is 3.65. The Balaban J connectivity index is 1.24. The van der Waals surface area contributed by atoms with Gasteiger partial charge in [0.05, 0.1) is 6.20 Å². The van der Waals surface area contributed by atoms with Gasteiger partial charge in [-0.15, -0.1) is 0 Å². The van der Waals surface area contributed by atoms with E-state index in [1.165, 1.54) is 45.2 Å². The van der Waals surface area contributed by atoms with Gasteiger partial charge in [0.1, 0.15) is 0 Å². The Kier molecular flexibility index (Phi) is 5.87. The standard InChI is InChI=1S/C22H29N3O2/c26-21(23-15-18-9-6-14-25-13-5-4-10-19(18)25)11-12-22-24-16-20(27-22)17-7-2-1-3-8-17/h1-3,7-8,16,18-19H,4-6,9-15H2,(H,23,26)/t18-,19+/m1/s1. The van der Waals surface area contributed by atoms with Crippen molar-refractivity contribution in [1.82, 2.24) is 15.2 Å². The monoisotopic (exact) mass is 367 g/mol. The van der Waals surface area contributed by atoms with Gasteiger partial charge in [-0.05, 0) is 44.7 Å². The number of oxazole rings is 1. The van der Waals surface area contributed by atoms with Gasteiger partial charge in [-0.2, -0.15) is 0 Å². The van der Waals surface area contributed by atoms with Crippen LogP contribution in [0.3, 0.4) is 0 Å². The molecule has 1 aromatic carbocycles. The molecule has 1 N–H and O–H groups in total. The molecule has 0 aliphatic carbocycles. The third-order valence-corrected chi connectivity index (χ3v) is 5.97. The number of aryl methyl sites for hydroxylation is 1. The lowest BCUT2D eigenvalue weighted by Gasteiger charge is -2.44. The highest BCUT2D eigenvalue weighted by Crippen LogP contribution is 2.30. The van der Waals surface area contributed by atoms with E-state index in [9.17, 15) is 4.79 Å². The molecule has 2 aliphatic heterocycles. The van der Waals surface area contributed by atoms with E-state index in [0.717, 1.165) is 17.9 Å². The topological polar surface area (TPSA) is 58.4 Å². The van der Waals surface area contributed by atoms with Crippen molar-refractivity contribution in [3.63, 3.8) is 0 Å². The number of nitrogens with zero attached hydrogens (tertiary/aromatic N) is 2. The molecule has 5 nitrogen and oxygen atoms in total. The Hall–Kier alpha value is -2.14. The molecule has 1 aromatic heterocycles. The molecule has 3 heterocycles. The van der Waals surface area contributed by atoms with E-state index in [-0.39, 0.29) is 5.91 Å². The number of carbonyl (C=O) groups is 1. The fourth-order valence-electron chi connectivity index (χ4n) is 4.53. The Bertz CT molecular complexity index is 741. The van der Waals surface area contributed by atoms with Crippen LogP contribution in [0.15, 0.2) is 40.9 Å². The predicted molar refractivity (Wildman–Crippen MR) is 105 cm³/mol. The minimum atomic E-state index is 0.0994. The molecule has 144 valence electrons. The van der Waals surface area contributed by atoms with Gasteiger partial charge in [0.25, 0.3) is 0 Å². The number of fused-ring (bicyclic) bond motifs is 1. The van der Waals surface area contributed by atoms with Gasteiger partial charge < -0.3 is 14.6 Å². The summed E-state index contributed by atoms with van der Waals surface area (Å²) in [5.41, 5.74) is 1.01. The molecule has 0 saturated carbocycles. The van der Waals surface area contributed by atoms with Crippen LogP contribution in [0.4, 0.5) is 0 Å². The van der Waals surface area contributed by atoms with Crippen LogP contribution in [0.1, 0.15) is 44.4 Å². The third-order valence-electron chi connectivity index (χ3n) is 5.97. The average molecular weight is 367 g/mol. The summed E-state index contributed by atoms with van der Waals surface area (Å²) in [6.45, 7) is 3.28. The van der Waals surface area contributed by atoms with Crippen molar-refractivity contribution in [2.75, 3.05) is 19.6 Å². The van der Waals surface area contributed by atoms with E-state index in [1.54, 1.807) is 6.20 Å². The van der Waals surface area contributed by atoms with E-state index < -0.39 is 0 Å². The molecule has 0 bridgehead atoms. The number of hydrogen-bond donors (Lipinski definition) is 1. The number of amides is 1. The first kappa shape index (κ1) is 18.2. The zero-order valence-electron chi connectivity index (χ0n) is 15.9. The molecule has 1 amide bonds. The summed E-state index contributed by atoms with van der Waals surface area (Å²) in [6, 6.07) is 10.6. The summed E-state index contributed by atoms with van der Waals surface area (Å²) in [6.07, 6.45) is 9.16. The smallest absolute Gasteiger partial charge is 0.220 e. The van der Waals surface area contributed by atoms with Crippen LogP contribution in [-0.2, 0) is 11.2 Å². The number of carbonyl (C=O) groups excluding carboxylic acids is 1. The molecule has 2 fully saturated rings. The first-order chi connectivity index (χ1) is 13.3. The van der Waals surface area contributed by atoms with Crippen LogP contribution in [0.2, 0.25) is 0 Å². The Morgan fingerprint density at radius 3 is 2.89 bits per heavy atom. The molecule has 0 radical (unpaired) electrons. The Morgan fingerprint density at radius 2 is 2.00 bits per heavy atom. The summed E-state index contributed by atoms with van der Waals surface area (Å²) >= 11 is 0. The Morgan fingerprint density at radius 1 is 1.15 bits per heavy atom. The molecule has 2 aliphatic rings. The number of aromatic nitrogens is 1. The van der Waals surface area contributed by atoms with E-state index in [2.05, 4.69) is 15.2 Å². The molecular weight excluding hydrogens is 338 g/mol. The summed E-state index contributed by atoms with van der Waals surface area (Å²) in [7, 11) is 0. The second-order valence-electron chi connectivity index (χ2n) is 7.79. The number of rotatable bonds is 6. The van der Waals surface area contributed by atoms with E-state index >= 15 is 0 Å². The largest absolute Gasteiger partial charge is 0.441 e. The van der Waals surface area contributed by atoms with Gasteiger partial charge in [-0.3, -0.25) is 4.79 Å². The highest BCUT2D eigenvalue weighted by molar-refractivity contribution is 5.76. The van der Waals surface area contributed by atoms with Gasteiger partial charge in [-0.25, -0.2) is 4.98 Å². The maximum atomic E-state index is 12.3. The van der Waals surface area contributed by atoms with Crippen molar-refractivity contribution >= 4 is 5.91 Å². The van der Waals surface area contributed by atoms with E-state index in [4.69, 9.17) is 4.42 Å². The lowest BCUT2D eigenvalue weighted by atomic mass is 9.83. The zero-order valence-corrected chi connectivity index (χ0v) is 15.9. The van der Waals surface area contributed by atoms with Crippen LogP contribution in [0.5, 0.6) is 0 Å². The first-order valence-electron chi connectivity index (χ1n) is 10.3. The molecule has 4 rings (SSSR count). The van der Waals surface area contributed by atoms with E-state index in [1.807, 2.05) is 30.3 Å². The first-order valence-corrected chi connectivity index (χ1v) is 10.3. The molecule has 0 unspecified atom stereocenters. The normalized spacial score (nSPS) is 23.0. The second-order valence-corrected chi connectivity index (χ2v) is 7.79. The molecule has 2 atom stereocenters. The van der Waals surface area contributed by atoms with Crippen LogP contribution in [0, 0.1) is 5.92 Å². The van der Waals surface area contributed by atoms with Gasteiger partial charge in [0, 0.05) is 31.0 Å². The SMILES string of the molecule is O=C(CCc1ncc(-c2ccccc2)o1)NC[C@H]1CCCN2CCCC[C@@H]12. The summed E-state index contributed by atoms with van der Waals surface area (Å²) in [4.78, 5) is 19.3. The second kappa shape index (κ2) is 8.70. The van der Waals surface area contributed by atoms with Gasteiger partial charge in [0.15, 0.2) is 11.7 Å². The minimum Gasteiger partial charge on any atom is -0.441 e. The van der Waals surface area contributed by atoms with Crippen molar-refractivity contribution in [1.29, 1.82) is 0 Å². The van der Waals surface area contributed by atoms with Crippen molar-refractivity contribution in [3.8, 4) is 11.3 Å². The molecule has 5 heteroatoms. The quantitative estimate of drug-likeness (QED) is 0.847. The minimum absolute atomic E-state index is 0.0994. The maximum Gasteiger partial charge on any atom is 0.220 e. The highest BCUT2D eigenvalue weighted by atomic mass is 16.4. The van der Waals surface area contributed by atoms with Gasteiger partial charge in [0.2, 0.25) is 5.91 Å². The molecular formula is C22H29N3O2. The van der Waals surface area contributed by atoms with Crippen molar-refractivity contribution in [2.45, 2.75) is 51.0 Å². The summed E-state index contributed by atoms with van der Waals surface area (Å²) in [5, 5.41) is 3.16. The van der Waals surface area contributed by atoms with Crippen LogP contribution in [0.25, 0.3) is 11.3 Å². The molecule has 0 spiro atoms. The van der Waals surface area contributed by atoms with Gasteiger partial charge in [-0.1, -0.05) is 36.8 Å². The van der Waals surface area contributed by atoms with Crippen molar-refractivity contribution in [3.05, 3.63) is 42.4 Å². The molecule has 2 saturated heterocycles. The summed E-state index contributed by atoms with van der Waals surface area (Å²) in [5.74, 6) is 2.09. The fourth-order valence-corrected chi connectivity index (χ4v) is 4.53. The van der Waals surface area contributed by atoms with Crippen LogP contribution in [-0.4, -0.2) is 41.5 Å². The maximum absolute atomic E-state index is 12.3.